The monoisotopic (exact) mass is 528 g/mol. The second-order valence-corrected chi connectivity index (χ2v) is 9.94. The van der Waals surface area contributed by atoms with Gasteiger partial charge in [0.05, 0.1) is 32.2 Å². The van der Waals surface area contributed by atoms with E-state index in [9.17, 15) is 9.59 Å². The van der Waals surface area contributed by atoms with Crippen LogP contribution in [0.3, 0.4) is 0 Å². The number of aromatic nitrogens is 2. The second-order valence-electron chi connectivity index (χ2n) is 9.94. The van der Waals surface area contributed by atoms with Crippen molar-refractivity contribution in [1.82, 2.24) is 14.5 Å². The van der Waals surface area contributed by atoms with Gasteiger partial charge in [-0.25, -0.2) is 4.98 Å². The fourth-order valence-corrected chi connectivity index (χ4v) is 5.16. The van der Waals surface area contributed by atoms with Gasteiger partial charge in [0.25, 0.3) is 0 Å². The number of methoxy groups -OCH3 is 1. The number of amides is 2. The number of carbonyl (C=O) groups is 2. The lowest BCUT2D eigenvalue weighted by Crippen LogP contribution is -2.64. The van der Waals surface area contributed by atoms with Crippen molar-refractivity contribution in [2.45, 2.75) is 51.7 Å². The summed E-state index contributed by atoms with van der Waals surface area (Å²) in [6, 6.07) is 15.3. The molecule has 0 saturated carbocycles. The van der Waals surface area contributed by atoms with Gasteiger partial charge >= 0.3 is 0 Å². The summed E-state index contributed by atoms with van der Waals surface area (Å²) in [7, 11) is 1.63. The molecule has 204 valence electrons. The number of nitrogens with zero attached hydrogens (tertiary/aromatic N) is 3. The molecular weight excluding hydrogens is 492 g/mol. The predicted octanol–water partition coefficient (Wildman–Crippen LogP) is 3.49. The van der Waals surface area contributed by atoms with E-state index in [2.05, 4.69) is 35.9 Å². The Kier molecular flexibility index (Phi) is 8.72. The van der Waals surface area contributed by atoms with Crippen molar-refractivity contribution in [3.8, 4) is 17.6 Å². The van der Waals surface area contributed by atoms with Crippen LogP contribution in [0.25, 0.3) is 0 Å². The lowest BCUT2D eigenvalue weighted by atomic mass is 9.82. The number of hydrogen-bond donors (Lipinski definition) is 1. The van der Waals surface area contributed by atoms with Crippen LogP contribution in [0.15, 0.2) is 54.9 Å². The molecule has 0 spiro atoms. The average molecular weight is 529 g/mol. The van der Waals surface area contributed by atoms with Crippen LogP contribution in [-0.4, -0.2) is 53.1 Å². The van der Waals surface area contributed by atoms with Crippen LogP contribution in [0.4, 0.5) is 0 Å². The molecule has 1 fully saturated rings. The molecule has 8 heteroatoms. The zero-order valence-corrected chi connectivity index (χ0v) is 23.1. The Morgan fingerprint density at radius 2 is 1.85 bits per heavy atom. The number of carbonyl (C=O) groups excluding carboxylic acids is 2. The Labute approximate surface area is 230 Å². The van der Waals surface area contributed by atoms with E-state index in [0.29, 0.717) is 32.5 Å². The fraction of sp³-hybridized carbons (Fsp3) is 0.387. The normalized spacial score (nSPS) is 14.6. The molecule has 1 atom stereocenters. The summed E-state index contributed by atoms with van der Waals surface area (Å²) in [5.74, 6) is 6.25. The Balaban J connectivity index is 1.62. The van der Waals surface area contributed by atoms with E-state index in [1.54, 1.807) is 20.4 Å². The van der Waals surface area contributed by atoms with E-state index in [1.807, 2.05) is 52.8 Å². The van der Waals surface area contributed by atoms with E-state index in [0.717, 1.165) is 33.8 Å². The summed E-state index contributed by atoms with van der Waals surface area (Å²) < 4.78 is 13.5. The number of hydrogen-bond acceptors (Lipinski definition) is 5. The predicted molar refractivity (Wildman–Crippen MR) is 149 cm³/mol. The first-order valence-corrected chi connectivity index (χ1v) is 13.1. The van der Waals surface area contributed by atoms with Gasteiger partial charge in [-0.1, -0.05) is 42.3 Å². The molecule has 0 aliphatic carbocycles. The number of rotatable bonds is 11. The Morgan fingerprint density at radius 3 is 2.49 bits per heavy atom. The van der Waals surface area contributed by atoms with Crippen molar-refractivity contribution in [1.29, 1.82) is 0 Å². The van der Waals surface area contributed by atoms with Crippen LogP contribution in [0.1, 0.15) is 47.5 Å². The highest BCUT2D eigenvalue weighted by atomic mass is 16.5. The third-order valence-corrected chi connectivity index (χ3v) is 7.40. The first-order valence-electron chi connectivity index (χ1n) is 13.1. The maximum atomic E-state index is 14.1. The summed E-state index contributed by atoms with van der Waals surface area (Å²) in [6.45, 7) is 6.94. The minimum atomic E-state index is -0.605. The molecule has 2 aromatic carbocycles. The summed E-state index contributed by atoms with van der Waals surface area (Å²) in [5, 5.41) is 0. The Morgan fingerprint density at radius 1 is 1.13 bits per heavy atom. The molecule has 4 rings (SSSR count). The van der Waals surface area contributed by atoms with E-state index in [1.165, 1.54) is 0 Å². The molecule has 8 nitrogen and oxygen atoms in total. The zero-order valence-electron chi connectivity index (χ0n) is 23.1. The SMILES string of the molecule is CC#CCOC1(c2ccccc2C)CN(C(=O)[C@@H](Cc2ccc(OC)cc2)n2cnc(CCC(N)=O)c2C)C1. The lowest BCUT2D eigenvalue weighted by molar-refractivity contribution is -0.172. The molecule has 0 bridgehead atoms. The third kappa shape index (κ3) is 6.15. The van der Waals surface area contributed by atoms with Crippen LogP contribution in [0.5, 0.6) is 5.75 Å². The number of aryl methyl sites for hydroxylation is 2. The standard InChI is InChI=1S/C31H36N4O4/c1-5-6-17-39-31(26-10-8-7-9-22(26)2)19-34(20-31)30(37)28(18-24-11-13-25(38-4)14-12-24)35-21-33-27(23(35)3)15-16-29(32)36/h7-14,21,28H,15-20H2,1-4H3,(H2,32,36)/t28-/m1/s1. The number of benzene rings is 2. The highest BCUT2D eigenvalue weighted by Crippen LogP contribution is 2.39. The smallest absolute Gasteiger partial charge is 0.246 e. The van der Waals surface area contributed by atoms with Crippen LogP contribution in [0.2, 0.25) is 0 Å². The molecule has 1 aliphatic heterocycles. The highest BCUT2D eigenvalue weighted by Gasteiger charge is 2.49. The summed E-state index contributed by atoms with van der Waals surface area (Å²) >= 11 is 0. The molecule has 2 heterocycles. The highest BCUT2D eigenvalue weighted by molar-refractivity contribution is 5.82. The van der Waals surface area contributed by atoms with Crippen molar-refractivity contribution in [2.75, 3.05) is 26.8 Å². The second kappa shape index (κ2) is 12.2. The molecule has 0 unspecified atom stereocenters. The van der Waals surface area contributed by atoms with Gasteiger partial charge in [-0.05, 0) is 49.6 Å². The molecular formula is C31H36N4O4. The third-order valence-electron chi connectivity index (χ3n) is 7.40. The molecule has 2 amide bonds. The Hall–Kier alpha value is -4.09. The minimum Gasteiger partial charge on any atom is -0.497 e. The van der Waals surface area contributed by atoms with Crippen molar-refractivity contribution in [3.63, 3.8) is 0 Å². The van der Waals surface area contributed by atoms with E-state index in [4.69, 9.17) is 15.2 Å². The minimum absolute atomic E-state index is 0.0119. The van der Waals surface area contributed by atoms with Gasteiger partial charge in [-0.2, -0.15) is 0 Å². The zero-order chi connectivity index (χ0) is 28.0. The van der Waals surface area contributed by atoms with E-state index < -0.39 is 11.6 Å². The maximum Gasteiger partial charge on any atom is 0.246 e. The van der Waals surface area contributed by atoms with Gasteiger partial charge < -0.3 is 24.7 Å². The molecule has 1 aromatic heterocycles. The molecule has 0 radical (unpaired) electrons. The van der Waals surface area contributed by atoms with Crippen LogP contribution < -0.4 is 10.5 Å². The van der Waals surface area contributed by atoms with Gasteiger partial charge in [0.2, 0.25) is 11.8 Å². The van der Waals surface area contributed by atoms with Gasteiger partial charge in [-0.3, -0.25) is 9.59 Å². The quantitative estimate of drug-likeness (QED) is 0.384. The number of primary amides is 1. The Bertz CT molecular complexity index is 1380. The largest absolute Gasteiger partial charge is 0.497 e. The topological polar surface area (TPSA) is 99.7 Å². The fourth-order valence-electron chi connectivity index (χ4n) is 5.16. The van der Waals surface area contributed by atoms with Crippen molar-refractivity contribution in [2.24, 2.45) is 5.73 Å². The molecule has 3 aromatic rings. The van der Waals surface area contributed by atoms with E-state index in [-0.39, 0.29) is 18.2 Å². The molecule has 2 N–H and O–H groups in total. The van der Waals surface area contributed by atoms with Crippen LogP contribution in [0, 0.1) is 25.7 Å². The lowest BCUT2D eigenvalue weighted by Gasteiger charge is -2.51. The number of imidazole rings is 1. The molecule has 39 heavy (non-hydrogen) atoms. The number of ether oxygens (including phenoxy) is 2. The molecule has 1 saturated heterocycles. The van der Waals surface area contributed by atoms with Crippen LogP contribution in [-0.2, 0) is 32.8 Å². The van der Waals surface area contributed by atoms with Gasteiger partial charge in [0.15, 0.2) is 0 Å². The number of likely N-dealkylation sites (tertiary alicyclic amines) is 1. The van der Waals surface area contributed by atoms with Gasteiger partial charge in [-0.15, -0.1) is 5.92 Å². The first-order chi connectivity index (χ1) is 18.8. The average Bonchev–Trinajstić information content (AvgIpc) is 3.27. The van der Waals surface area contributed by atoms with Crippen molar-refractivity contribution in [3.05, 3.63) is 82.9 Å². The summed E-state index contributed by atoms with van der Waals surface area (Å²) in [5.41, 5.74) is 9.56. The molecule has 1 aliphatic rings. The van der Waals surface area contributed by atoms with E-state index >= 15 is 0 Å². The summed E-state index contributed by atoms with van der Waals surface area (Å²) in [4.78, 5) is 31.8. The van der Waals surface area contributed by atoms with Crippen molar-refractivity contribution < 1.29 is 19.1 Å². The van der Waals surface area contributed by atoms with Crippen molar-refractivity contribution >= 4 is 11.8 Å². The summed E-state index contributed by atoms with van der Waals surface area (Å²) in [6.07, 6.45) is 2.81. The first kappa shape index (κ1) is 27.9. The van der Waals surface area contributed by atoms with Crippen LogP contribution >= 0.6 is 0 Å². The van der Waals surface area contributed by atoms with Gasteiger partial charge in [0.1, 0.15) is 24.0 Å². The number of nitrogens with two attached hydrogens (primary N) is 1. The maximum absolute atomic E-state index is 14.1. The van der Waals surface area contributed by atoms with Gasteiger partial charge in [0, 0.05) is 25.0 Å².